The molecule has 7 heteroatoms. The van der Waals surface area contributed by atoms with E-state index in [0.29, 0.717) is 11.5 Å². The Bertz CT molecular complexity index is 3870. The zero-order valence-electron chi connectivity index (χ0n) is 42.7. The molecule has 0 aliphatic carbocycles. The van der Waals surface area contributed by atoms with Crippen LogP contribution in [0.25, 0.3) is 71.8 Å². The predicted molar refractivity (Wildman–Crippen MR) is 298 cm³/mol. The summed E-state index contributed by atoms with van der Waals surface area (Å²) in [4.78, 5) is 9.57. The molecule has 366 valence electrons. The maximum absolute atomic E-state index is 6.80. The largest absolute Gasteiger partial charge is 0.509 e. The van der Waals surface area contributed by atoms with Crippen LogP contribution >= 0.6 is 0 Å². The van der Waals surface area contributed by atoms with E-state index in [4.69, 9.17) is 14.1 Å². The summed E-state index contributed by atoms with van der Waals surface area (Å²) < 4.78 is 15.3. The number of furan rings is 1. The molecule has 0 atom stereocenters. The van der Waals surface area contributed by atoms with Gasteiger partial charge in [0.15, 0.2) is 0 Å². The zero-order chi connectivity index (χ0) is 49.7. The maximum atomic E-state index is 6.80. The predicted octanol–water partition coefficient (Wildman–Crippen LogP) is 18.1. The molecular formula is C66H57N4O2Pt-3. The van der Waals surface area contributed by atoms with Gasteiger partial charge in [-0.1, -0.05) is 153 Å². The molecule has 4 heterocycles. The van der Waals surface area contributed by atoms with E-state index in [1.807, 2.05) is 36.5 Å². The molecule has 11 aromatic rings. The summed E-state index contributed by atoms with van der Waals surface area (Å²) in [5.74, 6) is 1.99. The summed E-state index contributed by atoms with van der Waals surface area (Å²) in [5, 5.41) is 4.38. The number of pyridine rings is 1. The van der Waals surface area contributed by atoms with E-state index >= 15 is 0 Å². The van der Waals surface area contributed by atoms with Gasteiger partial charge in [-0.05, 0) is 110 Å². The van der Waals surface area contributed by atoms with Gasteiger partial charge in [0.25, 0.3) is 0 Å². The zero-order valence-corrected chi connectivity index (χ0v) is 45.0. The molecule has 12 rings (SSSR count). The van der Waals surface area contributed by atoms with Gasteiger partial charge in [0.2, 0.25) is 0 Å². The van der Waals surface area contributed by atoms with E-state index in [0.717, 1.165) is 94.6 Å². The Kier molecular flexibility index (Phi) is 11.8. The van der Waals surface area contributed by atoms with E-state index in [-0.39, 0.29) is 37.3 Å². The number of hydrogen-bond acceptors (Lipinski definition) is 5. The van der Waals surface area contributed by atoms with Crippen LogP contribution in [0, 0.1) is 18.8 Å². The summed E-state index contributed by atoms with van der Waals surface area (Å²) in [5.41, 5.74) is 15.9. The monoisotopic (exact) mass is 1130 g/mol. The molecule has 0 fully saturated rings. The third-order valence-electron chi connectivity index (χ3n) is 14.2. The van der Waals surface area contributed by atoms with E-state index in [1.54, 1.807) is 0 Å². The molecule has 6 nitrogen and oxygen atoms in total. The van der Waals surface area contributed by atoms with E-state index in [2.05, 4.69) is 235 Å². The number of aromatic nitrogens is 2. The molecule has 1 aliphatic rings. The molecule has 0 spiro atoms. The van der Waals surface area contributed by atoms with Gasteiger partial charge in [0, 0.05) is 77.7 Å². The molecule has 0 saturated heterocycles. The van der Waals surface area contributed by atoms with Gasteiger partial charge in [-0.25, -0.2) is 4.98 Å². The molecule has 0 radical (unpaired) electrons. The number of benzene rings is 8. The summed E-state index contributed by atoms with van der Waals surface area (Å²) in [6, 6.07) is 67.7. The van der Waals surface area contributed by atoms with Crippen LogP contribution in [0.3, 0.4) is 0 Å². The van der Waals surface area contributed by atoms with Crippen molar-refractivity contribution < 1.29 is 30.2 Å². The van der Waals surface area contributed by atoms with Gasteiger partial charge in [0.05, 0.1) is 0 Å². The van der Waals surface area contributed by atoms with Crippen LogP contribution in [-0.2, 0) is 37.3 Å². The van der Waals surface area contributed by atoms with Gasteiger partial charge in [-0.3, -0.25) is 0 Å². The standard InChI is InChI=1S/C66H57N4O2.Pt/c1-64(2,3)45-31-32-67-62(38-45)70-57-30-26-43(44-25-28-55-54-21-13-14-24-60(54)72-61(55)34-44)33-56(57)53-29-27-51(40-59(53)70)71-50-20-15-19-48(39-50)68-41-69(49-36-46(65(4,5)6)35-47(37-49)66(7,8)9)63-52(22-16-23-58(63)68)42-17-11-10-12-18-42;/h10-38,41H,1-9H3;/q-3;. The topological polar surface area (TPSA) is 46.7 Å². The fraction of sp³-hybridized carbons (Fsp3) is 0.182. The average Bonchev–Trinajstić information content (AvgIpc) is 4.05. The SMILES string of the molecule is CC(C)(C)c1cc(N2[CH-]N(c3[c-]c(Oc4[c-]c5c(cc4)c4cc(-c6ccc7c(c6)oc6ccccc67)ccc4n5-c4cc(C(C)(C)C)ccn4)ccc3)c3cccc(-c4ccccc4)c32)cc(C(C)(C)C)c1.[Pt]. The van der Waals surface area contributed by atoms with Crippen molar-refractivity contribution in [2.45, 2.75) is 78.6 Å². The van der Waals surface area contributed by atoms with Crippen molar-refractivity contribution >= 4 is 66.5 Å². The van der Waals surface area contributed by atoms with Crippen molar-refractivity contribution in [1.29, 1.82) is 0 Å². The maximum Gasteiger partial charge on any atom is 0.136 e. The minimum absolute atomic E-state index is 0. The van der Waals surface area contributed by atoms with Crippen LogP contribution in [0.5, 0.6) is 11.5 Å². The molecule has 8 aromatic carbocycles. The Morgan fingerprint density at radius 2 is 1.18 bits per heavy atom. The summed E-state index contributed by atoms with van der Waals surface area (Å²) >= 11 is 0. The van der Waals surface area contributed by atoms with Crippen LogP contribution < -0.4 is 14.5 Å². The molecule has 0 bridgehead atoms. The van der Waals surface area contributed by atoms with E-state index in [1.165, 1.54) is 16.7 Å². The fourth-order valence-corrected chi connectivity index (χ4v) is 10.1. The average molecular weight is 1130 g/mol. The number of hydrogen-bond donors (Lipinski definition) is 0. The van der Waals surface area contributed by atoms with Crippen molar-refractivity contribution in [1.82, 2.24) is 9.55 Å². The second-order valence-corrected chi connectivity index (χ2v) is 22.3. The van der Waals surface area contributed by atoms with Crippen LogP contribution in [0.2, 0.25) is 0 Å². The quantitative estimate of drug-likeness (QED) is 0.149. The summed E-state index contributed by atoms with van der Waals surface area (Å²) in [7, 11) is 0. The third-order valence-corrected chi connectivity index (χ3v) is 14.2. The molecule has 1 aliphatic heterocycles. The first-order chi connectivity index (χ1) is 34.5. The smallest absolute Gasteiger partial charge is 0.136 e. The molecule has 0 amide bonds. The van der Waals surface area contributed by atoms with Crippen molar-refractivity contribution in [2.75, 3.05) is 9.80 Å². The first-order valence-corrected chi connectivity index (χ1v) is 24.9. The number of nitrogens with zero attached hydrogens (tertiary/aromatic N) is 4. The van der Waals surface area contributed by atoms with Gasteiger partial charge in [-0.2, -0.15) is 12.1 Å². The molecule has 0 N–H and O–H groups in total. The van der Waals surface area contributed by atoms with Crippen molar-refractivity contribution in [2.24, 2.45) is 0 Å². The van der Waals surface area contributed by atoms with Crippen LogP contribution in [0.1, 0.15) is 79.0 Å². The molecule has 0 unspecified atom stereocenters. The normalized spacial score (nSPS) is 13.1. The molecule has 0 saturated carbocycles. The summed E-state index contributed by atoms with van der Waals surface area (Å²) in [6.07, 6.45) is 1.91. The van der Waals surface area contributed by atoms with Crippen molar-refractivity contribution in [3.8, 4) is 39.6 Å². The number of para-hydroxylation sites is 2. The molecule has 3 aromatic heterocycles. The fourth-order valence-electron chi connectivity index (χ4n) is 10.1. The number of fused-ring (bicyclic) bond motifs is 7. The van der Waals surface area contributed by atoms with E-state index < -0.39 is 0 Å². The van der Waals surface area contributed by atoms with E-state index in [9.17, 15) is 0 Å². The Hall–Kier alpha value is -7.40. The molecule has 73 heavy (non-hydrogen) atoms. The van der Waals surface area contributed by atoms with Gasteiger partial charge < -0.3 is 23.5 Å². The Labute approximate surface area is 443 Å². The second kappa shape index (κ2) is 18.0. The number of ether oxygens (including phenoxy) is 1. The number of anilines is 4. The van der Waals surface area contributed by atoms with Crippen LogP contribution in [-0.4, -0.2) is 9.55 Å². The Morgan fingerprint density at radius 1 is 0.507 bits per heavy atom. The second-order valence-electron chi connectivity index (χ2n) is 22.3. The van der Waals surface area contributed by atoms with Crippen LogP contribution in [0.4, 0.5) is 22.7 Å². The third kappa shape index (κ3) is 8.70. The van der Waals surface area contributed by atoms with Gasteiger partial charge >= 0.3 is 0 Å². The first-order valence-electron chi connectivity index (χ1n) is 24.9. The van der Waals surface area contributed by atoms with Crippen molar-refractivity contribution in [3.05, 3.63) is 212 Å². The van der Waals surface area contributed by atoms with Crippen molar-refractivity contribution in [3.63, 3.8) is 0 Å². The summed E-state index contributed by atoms with van der Waals surface area (Å²) in [6.45, 7) is 22.7. The van der Waals surface area contributed by atoms with Gasteiger partial charge in [-0.15, -0.1) is 48.1 Å². The van der Waals surface area contributed by atoms with Crippen LogP contribution in [0.15, 0.2) is 180 Å². The van der Waals surface area contributed by atoms with Gasteiger partial charge in [0.1, 0.15) is 17.0 Å². The minimum Gasteiger partial charge on any atom is -0.509 e. The number of rotatable bonds is 7. The molecular weight excluding hydrogens is 1080 g/mol. The first kappa shape index (κ1) is 47.9. The Morgan fingerprint density at radius 3 is 1.95 bits per heavy atom. The Balaban J connectivity index is 0.00000574. The minimum atomic E-state index is -0.0724.